The molecule has 1 aliphatic heterocycles. The van der Waals surface area contributed by atoms with Crippen molar-refractivity contribution in [3.8, 4) is 0 Å². The monoisotopic (exact) mass is 261 g/mol. The highest BCUT2D eigenvalue weighted by molar-refractivity contribution is 5.56. The van der Waals surface area contributed by atoms with Gasteiger partial charge in [0.25, 0.3) is 0 Å². The molecular weight excluding hydrogens is 234 g/mol. The molecule has 0 saturated carbocycles. The van der Waals surface area contributed by atoms with Crippen molar-refractivity contribution in [1.82, 2.24) is 4.90 Å². The van der Waals surface area contributed by atoms with E-state index in [2.05, 4.69) is 48.9 Å². The maximum absolute atomic E-state index is 5.67. The van der Waals surface area contributed by atoms with Crippen LogP contribution >= 0.6 is 0 Å². The molecule has 0 bridgehead atoms. The van der Waals surface area contributed by atoms with Crippen LogP contribution in [-0.4, -0.2) is 44.2 Å². The van der Waals surface area contributed by atoms with Crippen LogP contribution in [0.1, 0.15) is 24.0 Å². The van der Waals surface area contributed by atoms with Crippen molar-refractivity contribution in [3.05, 3.63) is 29.3 Å². The zero-order chi connectivity index (χ0) is 13.8. The second kappa shape index (κ2) is 6.40. The molecule has 1 aromatic carbocycles. The fourth-order valence-corrected chi connectivity index (χ4v) is 3.00. The average Bonchev–Trinajstić information content (AvgIpc) is 2.42. The third-order valence-electron chi connectivity index (χ3n) is 4.42. The number of hydrogen-bond acceptors (Lipinski definition) is 3. The Kier molecular flexibility index (Phi) is 4.83. The first kappa shape index (κ1) is 14.4. The maximum atomic E-state index is 5.67. The van der Waals surface area contributed by atoms with Gasteiger partial charge in [-0.15, -0.1) is 0 Å². The highest BCUT2D eigenvalue weighted by atomic mass is 15.2. The van der Waals surface area contributed by atoms with Gasteiger partial charge in [0.2, 0.25) is 0 Å². The van der Waals surface area contributed by atoms with Gasteiger partial charge in [-0.25, -0.2) is 0 Å². The third kappa shape index (κ3) is 3.28. The minimum Gasteiger partial charge on any atom is -0.370 e. The summed E-state index contributed by atoms with van der Waals surface area (Å²) in [6.45, 7) is 8.47. The van der Waals surface area contributed by atoms with Crippen LogP contribution in [-0.2, 0) is 0 Å². The number of nitrogens with two attached hydrogens (primary N) is 1. The van der Waals surface area contributed by atoms with E-state index in [1.165, 1.54) is 36.2 Å². The Morgan fingerprint density at radius 1 is 1.37 bits per heavy atom. The molecule has 0 amide bonds. The number of likely N-dealkylation sites (N-methyl/N-ethyl adjacent to an activating group) is 1. The Hall–Kier alpha value is -1.06. The van der Waals surface area contributed by atoms with E-state index >= 15 is 0 Å². The molecule has 0 spiro atoms. The van der Waals surface area contributed by atoms with Gasteiger partial charge in [-0.2, -0.15) is 0 Å². The molecule has 3 heteroatoms. The van der Waals surface area contributed by atoms with E-state index in [4.69, 9.17) is 5.73 Å². The molecule has 1 heterocycles. The lowest BCUT2D eigenvalue weighted by Gasteiger charge is -2.39. The van der Waals surface area contributed by atoms with Crippen molar-refractivity contribution < 1.29 is 0 Å². The molecule has 1 unspecified atom stereocenters. The summed E-state index contributed by atoms with van der Waals surface area (Å²) in [5, 5.41) is 0. The van der Waals surface area contributed by atoms with Crippen molar-refractivity contribution in [2.24, 2.45) is 5.73 Å². The number of aryl methyl sites for hydroxylation is 1. The van der Waals surface area contributed by atoms with Gasteiger partial charge in [-0.3, -0.25) is 0 Å². The molecule has 0 aromatic heterocycles. The molecular formula is C16H27N3. The molecule has 0 radical (unpaired) electrons. The van der Waals surface area contributed by atoms with Gasteiger partial charge in [0.05, 0.1) is 0 Å². The summed E-state index contributed by atoms with van der Waals surface area (Å²) in [4.78, 5) is 4.96. The van der Waals surface area contributed by atoms with Crippen molar-refractivity contribution in [2.75, 3.05) is 38.1 Å². The molecule has 19 heavy (non-hydrogen) atoms. The Labute approximate surface area is 117 Å². The average molecular weight is 261 g/mol. The van der Waals surface area contributed by atoms with E-state index in [0.717, 1.165) is 19.6 Å². The SMILES string of the molecule is Cc1cccc(N2CCCC(N(C)CCN)C2)c1C. The quantitative estimate of drug-likeness (QED) is 0.901. The first-order valence-corrected chi connectivity index (χ1v) is 7.35. The first-order chi connectivity index (χ1) is 9.13. The van der Waals surface area contributed by atoms with E-state index in [9.17, 15) is 0 Å². The fraction of sp³-hybridized carbons (Fsp3) is 0.625. The molecule has 1 saturated heterocycles. The van der Waals surface area contributed by atoms with Crippen LogP contribution in [0.3, 0.4) is 0 Å². The second-order valence-corrected chi connectivity index (χ2v) is 5.73. The van der Waals surface area contributed by atoms with Gasteiger partial charge in [-0.1, -0.05) is 12.1 Å². The molecule has 3 nitrogen and oxygen atoms in total. The minimum absolute atomic E-state index is 0.636. The summed E-state index contributed by atoms with van der Waals surface area (Å²) in [6.07, 6.45) is 2.56. The summed E-state index contributed by atoms with van der Waals surface area (Å²) in [6, 6.07) is 7.26. The van der Waals surface area contributed by atoms with Crippen molar-refractivity contribution >= 4 is 5.69 Å². The molecule has 1 aliphatic rings. The Bertz CT molecular complexity index is 416. The number of anilines is 1. The smallest absolute Gasteiger partial charge is 0.0399 e. The number of rotatable bonds is 4. The molecule has 106 valence electrons. The normalized spacial score (nSPS) is 20.1. The zero-order valence-corrected chi connectivity index (χ0v) is 12.5. The molecule has 1 aromatic rings. The summed E-state index contributed by atoms with van der Waals surface area (Å²) in [5.74, 6) is 0. The van der Waals surface area contributed by atoms with Crippen LogP contribution in [0.15, 0.2) is 18.2 Å². The van der Waals surface area contributed by atoms with Crippen LogP contribution in [0.5, 0.6) is 0 Å². The molecule has 2 rings (SSSR count). The van der Waals surface area contributed by atoms with Crippen LogP contribution in [0.4, 0.5) is 5.69 Å². The lowest BCUT2D eigenvalue weighted by atomic mass is 10.0. The number of piperidine rings is 1. The van der Waals surface area contributed by atoms with Gasteiger partial charge >= 0.3 is 0 Å². The van der Waals surface area contributed by atoms with E-state index < -0.39 is 0 Å². The highest BCUT2D eigenvalue weighted by Gasteiger charge is 2.23. The predicted molar refractivity (Wildman–Crippen MR) is 82.8 cm³/mol. The van der Waals surface area contributed by atoms with E-state index in [1.807, 2.05) is 0 Å². The van der Waals surface area contributed by atoms with Gasteiger partial charge < -0.3 is 15.5 Å². The van der Waals surface area contributed by atoms with Crippen LogP contribution in [0, 0.1) is 13.8 Å². The molecule has 0 aliphatic carbocycles. The summed E-state index contributed by atoms with van der Waals surface area (Å²) in [7, 11) is 2.20. The summed E-state index contributed by atoms with van der Waals surface area (Å²) >= 11 is 0. The second-order valence-electron chi connectivity index (χ2n) is 5.73. The van der Waals surface area contributed by atoms with Gasteiger partial charge in [-0.05, 0) is 50.9 Å². The van der Waals surface area contributed by atoms with Gasteiger partial charge in [0.1, 0.15) is 0 Å². The van der Waals surface area contributed by atoms with Crippen molar-refractivity contribution in [2.45, 2.75) is 32.7 Å². The maximum Gasteiger partial charge on any atom is 0.0399 e. The lowest BCUT2D eigenvalue weighted by Crippen LogP contribution is -2.48. The van der Waals surface area contributed by atoms with Crippen LogP contribution in [0.2, 0.25) is 0 Å². The largest absolute Gasteiger partial charge is 0.370 e. The Morgan fingerprint density at radius 2 is 2.16 bits per heavy atom. The van der Waals surface area contributed by atoms with Crippen molar-refractivity contribution in [3.63, 3.8) is 0 Å². The number of benzene rings is 1. The zero-order valence-electron chi connectivity index (χ0n) is 12.5. The number of hydrogen-bond donors (Lipinski definition) is 1. The summed E-state index contributed by atoms with van der Waals surface area (Å²) < 4.78 is 0. The lowest BCUT2D eigenvalue weighted by molar-refractivity contribution is 0.221. The topological polar surface area (TPSA) is 32.5 Å². The Morgan fingerprint density at radius 3 is 2.89 bits per heavy atom. The fourth-order valence-electron chi connectivity index (χ4n) is 3.00. The van der Waals surface area contributed by atoms with E-state index in [-0.39, 0.29) is 0 Å². The minimum atomic E-state index is 0.636. The van der Waals surface area contributed by atoms with E-state index in [1.54, 1.807) is 0 Å². The molecule has 1 fully saturated rings. The standard InChI is InChI=1S/C16H27N3/c1-13-6-4-8-16(14(13)2)19-10-5-7-15(12-19)18(3)11-9-17/h4,6,8,15H,5,7,9-12,17H2,1-3H3. The Balaban J connectivity index is 2.10. The summed E-state index contributed by atoms with van der Waals surface area (Å²) in [5.41, 5.74) is 9.88. The molecule has 1 atom stereocenters. The van der Waals surface area contributed by atoms with Gasteiger partial charge in [0, 0.05) is 37.9 Å². The van der Waals surface area contributed by atoms with Crippen LogP contribution in [0.25, 0.3) is 0 Å². The predicted octanol–water partition coefficient (Wildman–Crippen LogP) is 2.16. The first-order valence-electron chi connectivity index (χ1n) is 7.35. The van der Waals surface area contributed by atoms with Crippen molar-refractivity contribution in [1.29, 1.82) is 0 Å². The van der Waals surface area contributed by atoms with Crippen LogP contribution < -0.4 is 10.6 Å². The molecule has 2 N–H and O–H groups in total. The highest BCUT2D eigenvalue weighted by Crippen LogP contribution is 2.26. The number of nitrogens with zero attached hydrogens (tertiary/aromatic N) is 2. The van der Waals surface area contributed by atoms with Gasteiger partial charge in [0.15, 0.2) is 0 Å². The van der Waals surface area contributed by atoms with E-state index in [0.29, 0.717) is 6.04 Å². The third-order valence-corrected chi connectivity index (χ3v) is 4.42.